The van der Waals surface area contributed by atoms with Crippen LogP contribution in [0.4, 0.5) is 0 Å². The molecule has 0 aliphatic carbocycles. The first-order valence-corrected chi connectivity index (χ1v) is 5.98. The van der Waals surface area contributed by atoms with Crippen LogP contribution < -0.4 is 11.5 Å². The quantitative estimate of drug-likeness (QED) is 0.637. The second-order valence-corrected chi connectivity index (χ2v) is 5.00. The van der Waals surface area contributed by atoms with E-state index in [9.17, 15) is 4.79 Å². The van der Waals surface area contributed by atoms with Gasteiger partial charge in [0.15, 0.2) is 0 Å². The van der Waals surface area contributed by atoms with Crippen molar-refractivity contribution < 1.29 is 4.79 Å². The van der Waals surface area contributed by atoms with Gasteiger partial charge in [0.25, 0.3) is 0 Å². The van der Waals surface area contributed by atoms with E-state index >= 15 is 0 Å². The van der Waals surface area contributed by atoms with Gasteiger partial charge < -0.3 is 16.4 Å². The number of nitrogens with two attached hydrogens (primary N) is 2. The molecule has 1 heterocycles. The number of hydrogen-bond acceptors (Lipinski definition) is 4. The van der Waals surface area contributed by atoms with Crippen LogP contribution >= 0.6 is 0 Å². The van der Waals surface area contributed by atoms with E-state index in [2.05, 4.69) is 23.6 Å². The average Bonchev–Trinajstić information content (AvgIpc) is 2.20. The summed E-state index contributed by atoms with van der Waals surface area (Å²) < 4.78 is 0. The van der Waals surface area contributed by atoms with Crippen LogP contribution in [-0.4, -0.2) is 61.0 Å². The minimum atomic E-state index is -0.531. The Bertz CT molecular complexity index is 224. The molecule has 0 aromatic heterocycles. The lowest BCUT2D eigenvalue weighted by atomic mass is 10.2. The Labute approximate surface area is 97.7 Å². The maximum absolute atomic E-state index is 10.8. The van der Waals surface area contributed by atoms with Crippen LogP contribution in [0.1, 0.15) is 13.8 Å². The Balaban J connectivity index is 2.24. The fraction of sp³-hybridized carbons (Fsp3) is 0.909. The molecular formula is C11H24N4O. The third kappa shape index (κ3) is 4.47. The molecule has 1 atom stereocenters. The van der Waals surface area contributed by atoms with E-state index in [1.807, 2.05) is 0 Å². The molecule has 1 aliphatic heterocycles. The highest BCUT2D eigenvalue weighted by molar-refractivity contribution is 5.79. The highest BCUT2D eigenvalue weighted by Gasteiger charge is 2.20. The summed E-state index contributed by atoms with van der Waals surface area (Å²) in [5.41, 5.74) is 10.8. The van der Waals surface area contributed by atoms with Gasteiger partial charge in [-0.25, -0.2) is 0 Å². The second-order valence-electron chi connectivity index (χ2n) is 5.00. The number of nitrogens with zero attached hydrogens (tertiary/aromatic N) is 2. The number of piperazine rings is 1. The number of hydrogen-bond donors (Lipinski definition) is 2. The molecule has 0 spiro atoms. The molecule has 1 rings (SSSR count). The van der Waals surface area contributed by atoms with Crippen molar-refractivity contribution in [3.05, 3.63) is 0 Å². The zero-order valence-corrected chi connectivity index (χ0v) is 10.4. The van der Waals surface area contributed by atoms with Crippen molar-refractivity contribution in [2.75, 3.05) is 39.3 Å². The smallest absolute Gasteiger partial charge is 0.235 e. The summed E-state index contributed by atoms with van der Waals surface area (Å²) in [5.74, 6) is 0.295. The number of amides is 1. The van der Waals surface area contributed by atoms with Crippen LogP contribution in [0.5, 0.6) is 0 Å². The Morgan fingerprint density at radius 3 is 1.94 bits per heavy atom. The van der Waals surface area contributed by atoms with Crippen LogP contribution in [0.25, 0.3) is 0 Å². The molecule has 1 aliphatic rings. The molecule has 0 aromatic carbocycles. The summed E-state index contributed by atoms with van der Waals surface area (Å²) in [4.78, 5) is 15.5. The maximum atomic E-state index is 10.8. The van der Waals surface area contributed by atoms with Crippen molar-refractivity contribution in [1.82, 2.24) is 9.80 Å². The van der Waals surface area contributed by atoms with E-state index in [0.29, 0.717) is 12.5 Å². The van der Waals surface area contributed by atoms with Gasteiger partial charge in [-0.1, -0.05) is 13.8 Å². The second kappa shape index (κ2) is 6.18. The van der Waals surface area contributed by atoms with E-state index in [1.165, 1.54) is 0 Å². The molecule has 1 unspecified atom stereocenters. The van der Waals surface area contributed by atoms with Gasteiger partial charge in [-0.05, 0) is 5.92 Å². The molecule has 0 bridgehead atoms. The standard InChI is InChI=1S/C11H24N4O/c1-9(2)7-14-3-5-15(6-4-14)8-10(12)11(13)16/h9-10H,3-8,12H2,1-2H3,(H2,13,16). The molecule has 4 N–H and O–H groups in total. The lowest BCUT2D eigenvalue weighted by molar-refractivity contribution is -0.119. The van der Waals surface area contributed by atoms with Crippen molar-refractivity contribution in [3.63, 3.8) is 0 Å². The summed E-state index contributed by atoms with van der Waals surface area (Å²) in [7, 11) is 0. The summed E-state index contributed by atoms with van der Waals surface area (Å²) in [6, 6.07) is -0.531. The Hall–Kier alpha value is -0.650. The molecule has 0 aromatic rings. The Morgan fingerprint density at radius 2 is 1.56 bits per heavy atom. The first kappa shape index (κ1) is 13.4. The summed E-state index contributed by atoms with van der Waals surface area (Å²) in [6.07, 6.45) is 0. The SMILES string of the molecule is CC(C)CN1CCN(CC(N)C(N)=O)CC1. The van der Waals surface area contributed by atoms with Crippen LogP contribution in [-0.2, 0) is 4.79 Å². The zero-order chi connectivity index (χ0) is 12.1. The fourth-order valence-electron chi connectivity index (χ4n) is 2.04. The van der Waals surface area contributed by atoms with Crippen LogP contribution in [0.2, 0.25) is 0 Å². The molecule has 0 saturated carbocycles. The first-order chi connectivity index (χ1) is 7.49. The van der Waals surface area contributed by atoms with Gasteiger partial charge in [0.05, 0.1) is 6.04 Å². The normalized spacial score (nSPS) is 21.2. The van der Waals surface area contributed by atoms with Gasteiger partial charge in [-0.15, -0.1) is 0 Å². The van der Waals surface area contributed by atoms with E-state index < -0.39 is 11.9 Å². The minimum absolute atomic E-state index is 0.412. The van der Waals surface area contributed by atoms with Gasteiger partial charge in [-0.3, -0.25) is 9.69 Å². The van der Waals surface area contributed by atoms with Crippen LogP contribution in [0, 0.1) is 5.92 Å². The Kier molecular flexibility index (Phi) is 5.18. The molecule has 1 saturated heterocycles. The van der Waals surface area contributed by atoms with Crippen molar-refractivity contribution in [2.24, 2.45) is 17.4 Å². The number of carbonyl (C=O) groups is 1. The minimum Gasteiger partial charge on any atom is -0.368 e. The van der Waals surface area contributed by atoms with Crippen LogP contribution in [0.3, 0.4) is 0 Å². The molecule has 1 amide bonds. The molecule has 5 heteroatoms. The van der Waals surface area contributed by atoms with Crippen molar-refractivity contribution in [1.29, 1.82) is 0 Å². The highest BCUT2D eigenvalue weighted by atomic mass is 16.1. The predicted octanol–water partition coefficient (Wildman–Crippen LogP) is -0.927. The first-order valence-electron chi connectivity index (χ1n) is 5.98. The average molecular weight is 228 g/mol. The largest absolute Gasteiger partial charge is 0.368 e. The van der Waals surface area contributed by atoms with E-state index in [4.69, 9.17) is 11.5 Å². The monoisotopic (exact) mass is 228 g/mol. The van der Waals surface area contributed by atoms with Gasteiger partial charge in [0, 0.05) is 39.3 Å². The molecular weight excluding hydrogens is 204 g/mol. The van der Waals surface area contributed by atoms with Gasteiger partial charge >= 0.3 is 0 Å². The maximum Gasteiger partial charge on any atom is 0.235 e. The molecule has 1 fully saturated rings. The zero-order valence-electron chi connectivity index (χ0n) is 10.4. The highest BCUT2D eigenvalue weighted by Crippen LogP contribution is 2.05. The molecule has 0 radical (unpaired) electrons. The molecule has 16 heavy (non-hydrogen) atoms. The van der Waals surface area contributed by atoms with Crippen molar-refractivity contribution in [3.8, 4) is 0 Å². The third-order valence-corrected chi connectivity index (χ3v) is 2.91. The molecule has 94 valence electrons. The van der Waals surface area contributed by atoms with Crippen LogP contribution in [0.15, 0.2) is 0 Å². The molecule has 5 nitrogen and oxygen atoms in total. The fourth-order valence-corrected chi connectivity index (χ4v) is 2.04. The van der Waals surface area contributed by atoms with Gasteiger partial charge in [0.1, 0.15) is 0 Å². The lowest BCUT2D eigenvalue weighted by Crippen LogP contribution is -2.53. The number of carbonyl (C=O) groups excluding carboxylic acids is 1. The summed E-state index contributed by atoms with van der Waals surface area (Å²) in [6.45, 7) is 10.3. The topological polar surface area (TPSA) is 75.6 Å². The van der Waals surface area contributed by atoms with Crippen molar-refractivity contribution >= 4 is 5.91 Å². The summed E-state index contributed by atoms with van der Waals surface area (Å²) in [5, 5.41) is 0. The lowest BCUT2D eigenvalue weighted by Gasteiger charge is -2.36. The summed E-state index contributed by atoms with van der Waals surface area (Å²) >= 11 is 0. The van der Waals surface area contributed by atoms with E-state index in [0.717, 1.165) is 32.7 Å². The number of rotatable bonds is 5. The van der Waals surface area contributed by atoms with Gasteiger partial charge in [-0.2, -0.15) is 0 Å². The number of primary amides is 1. The predicted molar refractivity (Wildman–Crippen MR) is 64.9 cm³/mol. The van der Waals surface area contributed by atoms with E-state index in [1.54, 1.807) is 0 Å². The Morgan fingerprint density at radius 1 is 1.12 bits per heavy atom. The van der Waals surface area contributed by atoms with Crippen molar-refractivity contribution in [2.45, 2.75) is 19.9 Å². The third-order valence-electron chi connectivity index (χ3n) is 2.91. The van der Waals surface area contributed by atoms with E-state index in [-0.39, 0.29) is 0 Å². The van der Waals surface area contributed by atoms with Gasteiger partial charge in [0.2, 0.25) is 5.91 Å².